The van der Waals surface area contributed by atoms with Gasteiger partial charge in [0, 0.05) is 30.2 Å². The maximum atomic E-state index is 12.2. The molecule has 1 heterocycles. The van der Waals surface area contributed by atoms with E-state index in [1.54, 1.807) is 18.2 Å². The summed E-state index contributed by atoms with van der Waals surface area (Å²) in [5.41, 5.74) is 0.801. The van der Waals surface area contributed by atoms with E-state index in [1.807, 2.05) is 25.8 Å². The summed E-state index contributed by atoms with van der Waals surface area (Å²) in [6.07, 6.45) is 0.686. The second-order valence-electron chi connectivity index (χ2n) is 6.63. The third-order valence-corrected chi connectivity index (χ3v) is 4.46. The van der Waals surface area contributed by atoms with Gasteiger partial charge in [-0.05, 0) is 45.5 Å². The smallest absolute Gasteiger partial charge is 0.319 e. The Hall–Kier alpha value is -1.83. The van der Waals surface area contributed by atoms with E-state index in [1.165, 1.54) is 0 Å². The van der Waals surface area contributed by atoms with Crippen molar-refractivity contribution in [3.05, 3.63) is 28.8 Å². The van der Waals surface area contributed by atoms with Crippen LogP contribution in [0.15, 0.2) is 18.2 Å². The zero-order valence-corrected chi connectivity index (χ0v) is 15.4. The van der Waals surface area contributed by atoms with Crippen molar-refractivity contribution < 1.29 is 14.7 Å². The van der Waals surface area contributed by atoms with Crippen LogP contribution in [0.2, 0.25) is 5.02 Å². The zero-order chi connectivity index (χ0) is 18.6. The Bertz CT molecular complexity index is 638. The molecule has 0 saturated carbocycles. The number of halogens is 1. The number of carbonyl (C=O) groups excluding carboxylic acids is 2. The lowest BCUT2D eigenvalue weighted by Crippen LogP contribution is -2.39. The van der Waals surface area contributed by atoms with Crippen LogP contribution in [0.3, 0.4) is 0 Å². The number of nitrogens with zero attached hydrogens (tertiary/aromatic N) is 1. The van der Waals surface area contributed by atoms with E-state index in [9.17, 15) is 14.7 Å². The monoisotopic (exact) mass is 368 g/mol. The summed E-state index contributed by atoms with van der Waals surface area (Å²) in [6, 6.07) is 4.38. The minimum absolute atomic E-state index is 0.0155. The first-order valence-electron chi connectivity index (χ1n) is 8.29. The predicted octanol–water partition coefficient (Wildman–Crippen LogP) is 1.66. The van der Waals surface area contributed by atoms with Gasteiger partial charge in [0.25, 0.3) is 5.91 Å². The quantitative estimate of drug-likeness (QED) is 0.636. The number of hydrogen-bond acceptors (Lipinski definition) is 4. The van der Waals surface area contributed by atoms with Crippen molar-refractivity contribution in [2.75, 3.05) is 25.5 Å². The van der Waals surface area contributed by atoms with E-state index in [2.05, 4.69) is 16.0 Å². The summed E-state index contributed by atoms with van der Waals surface area (Å²) in [4.78, 5) is 26.3. The average Bonchev–Trinajstić information content (AvgIpc) is 2.88. The first-order chi connectivity index (χ1) is 11.8. The SMILES string of the molecule is CC(C)NC(=O)c1ccc(Cl)c(NC(=O)N[C@@H]2C[C@@H](CO)N(C)C2)c1. The summed E-state index contributed by atoms with van der Waals surface area (Å²) < 4.78 is 0. The fourth-order valence-corrected chi connectivity index (χ4v) is 3.01. The summed E-state index contributed by atoms with van der Waals surface area (Å²) in [5.74, 6) is -0.224. The van der Waals surface area contributed by atoms with Gasteiger partial charge < -0.3 is 21.1 Å². The molecule has 0 bridgehead atoms. The summed E-state index contributed by atoms with van der Waals surface area (Å²) in [7, 11) is 1.91. The Labute approximate surface area is 152 Å². The van der Waals surface area contributed by atoms with Crippen molar-refractivity contribution in [3.63, 3.8) is 0 Å². The average molecular weight is 369 g/mol. The number of aliphatic hydroxyl groups is 1. The van der Waals surface area contributed by atoms with Gasteiger partial charge in [0.05, 0.1) is 17.3 Å². The minimum atomic E-state index is -0.389. The van der Waals surface area contributed by atoms with Crippen LogP contribution in [0.5, 0.6) is 0 Å². The molecule has 2 atom stereocenters. The number of likely N-dealkylation sites (tertiary alicyclic amines) is 1. The van der Waals surface area contributed by atoms with Crippen molar-refractivity contribution in [1.29, 1.82) is 0 Å². The Morgan fingerprint density at radius 3 is 2.72 bits per heavy atom. The van der Waals surface area contributed by atoms with E-state index < -0.39 is 0 Å². The predicted molar refractivity (Wildman–Crippen MR) is 98.1 cm³/mol. The van der Waals surface area contributed by atoms with Crippen LogP contribution in [0.1, 0.15) is 30.6 Å². The van der Waals surface area contributed by atoms with E-state index in [0.29, 0.717) is 29.2 Å². The van der Waals surface area contributed by atoms with Crippen LogP contribution in [0, 0.1) is 0 Å². The number of aliphatic hydroxyl groups excluding tert-OH is 1. The van der Waals surface area contributed by atoms with Gasteiger partial charge in [-0.1, -0.05) is 11.6 Å². The van der Waals surface area contributed by atoms with Crippen LogP contribution in [0.25, 0.3) is 0 Å². The van der Waals surface area contributed by atoms with Crippen molar-refractivity contribution in [2.45, 2.75) is 38.4 Å². The van der Waals surface area contributed by atoms with Gasteiger partial charge in [0.2, 0.25) is 0 Å². The molecule has 138 valence electrons. The molecular formula is C17H25ClN4O3. The van der Waals surface area contributed by atoms with Gasteiger partial charge in [0.1, 0.15) is 0 Å². The number of urea groups is 1. The maximum Gasteiger partial charge on any atom is 0.319 e. The molecule has 1 aliphatic heterocycles. The van der Waals surface area contributed by atoms with E-state index in [0.717, 1.165) is 0 Å². The number of hydrogen-bond donors (Lipinski definition) is 4. The minimum Gasteiger partial charge on any atom is -0.395 e. The molecule has 25 heavy (non-hydrogen) atoms. The van der Waals surface area contributed by atoms with Crippen molar-refractivity contribution in [3.8, 4) is 0 Å². The second kappa shape index (κ2) is 8.51. The van der Waals surface area contributed by atoms with Gasteiger partial charge in [-0.2, -0.15) is 0 Å². The molecule has 7 nitrogen and oxygen atoms in total. The van der Waals surface area contributed by atoms with Crippen molar-refractivity contribution in [2.24, 2.45) is 0 Å². The molecule has 1 aliphatic rings. The van der Waals surface area contributed by atoms with Gasteiger partial charge in [-0.25, -0.2) is 4.79 Å². The van der Waals surface area contributed by atoms with E-state index >= 15 is 0 Å². The van der Waals surface area contributed by atoms with Gasteiger partial charge in [-0.3, -0.25) is 9.69 Å². The van der Waals surface area contributed by atoms with Gasteiger partial charge in [-0.15, -0.1) is 0 Å². The Morgan fingerprint density at radius 2 is 2.12 bits per heavy atom. The van der Waals surface area contributed by atoms with Crippen LogP contribution in [-0.2, 0) is 0 Å². The van der Waals surface area contributed by atoms with Crippen LogP contribution < -0.4 is 16.0 Å². The number of amides is 3. The highest BCUT2D eigenvalue weighted by Crippen LogP contribution is 2.23. The molecule has 0 aliphatic carbocycles. The van der Waals surface area contributed by atoms with E-state index in [-0.39, 0.29) is 36.7 Å². The lowest BCUT2D eigenvalue weighted by atomic mass is 10.1. The standard InChI is InChI=1S/C17H25ClN4O3/c1-10(2)19-16(24)11-4-5-14(18)15(6-11)21-17(25)20-12-7-13(9-23)22(3)8-12/h4-6,10,12-13,23H,7-9H2,1-3H3,(H,19,24)(H2,20,21,25)/t12-,13+/m1/s1. The number of likely N-dealkylation sites (N-methyl/N-ethyl adjacent to an activating group) is 1. The number of anilines is 1. The highest BCUT2D eigenvalue weighted by molar-refractivity contribution is 6.33. The number of nitrogens with one attached hydrogen (secondary N) is 3. The second-order valence-corrected chi connectivity index (χ2v) is 7.04. The fraction of sp³-hybridized carbons (Fsp3) is 0.529. The molecule has 3 amide bonds. The molecule has 1 saturated heterocycles. The Morgan fingerprint density at radius 1 is 1.40 bits per heavy atom. The van der Waals surface area contributed by atoms with Gasteiger partial charge >= 0.3 is 6.03 Å². The molecule has 0 aromatic heterocycles. The fourth-order valence-electron chi connectivity index (χ4n) is 2.85. The Balaban J connectivity index is 1.99. The van der Waals surface area contributed by atoms with Crippen molar-refractivity contribution in [1.82, 2.24) is 15.5 Å². The molecule has 1 fully saturated rings. The third-order valence-electron chi connectivity index (χ3n) is 4.13. The molecule has 1 aromatic rings. The summed E-state index contributed by atoms with van der Waals surface area (Å²) >= 11 is 6.12. The van der Waals surface area contributed by atoms with Crippen molar-refractivity contribution >= 4 is 29.2 Å². The molecule has 1 aromatic carbocycles. The number of benzene rings is 1. The lowest BCUT2D eigenvalue weighted by Gasteiger charge is -2.15. The largest absolute Gasteiger partial charge is 0.395 e. The summed E-state index contributed by atoms with van der Waals surface area (Å²) in [6.45, 7) is 4.48. The van der Waals surface area contributed by atoms with Crippen LogP contribution in [-0.4, -0.2) is 60.3 Å². The first-order valence-corrected chi connectivity index (χ1v) is 8.67. The van der Waals surface area contributed by atoms with Crippen LogP contribution in [0.4, 0.5) is 10.5 Å². The lowest BCUT2D eigenvalue weighted by molar-refractivity contribution is 0.0943. The zero-order valence-electron chi connectivity index (χ0n) is 14.7. The number of carbonyl (C=O) groups is 2. The number of rotatable bonds is 5. The van der Waals surface area contributed by atoms with Gasteiger partial charge in [0.15, 0.2) is 0 Å². The molecule has 0 radical (unpaired) electrons. The summed E-state index contributed by atoms with van der Waals surface area (Å²) in [5, 5.41) is 18.0. The first kappa shape index (κ1) is 19.5. The maximum absolute atomic E-state index is 12.2. The topological polar surface area (TPSA) is 93.7 Å². The molecule has 0 spiro atoms. The highest BCUT2D eigenvalue weighted by Gasteiger charge is 2.29. The highest BCUT2D eigenvalue weighted by atomic mass is 35.5. The third kappa shape index (κ3) is 5.32. The van der Waals surface area contributed by atoms with Crippen LogP contribution >= 0.6 is 11.6 Å². The van der Waals surface area contributed by atoms with E-state index in [4.69, 9.17) is 11.6 Å². The molecule has 8 heteroatoms. The molecule has 2 rings (SSSR count). The normalized spacial score (nSPS) is 20.6. The molecular weight excluding hydrogens is 344 g/mol. The molecule has 0 unspecified atom stereocenters. The Kier molecular flexibility index (Phi) is 6.64. The molecule has 4 N–H and O–H groups in total.